The van der Waals surface area contributed by atoms with Gasteiger partial charge in [-0.05, 0) is 42.5 Å². The number of methoxy groups -OCH3 is 1. The standard InChI is InChI=1S/C25H36N2O3/c1-3-4-8-13-30-25-22(26)15-20(16-24(25)29-2)14-21-18-27(12-11-23(21)28)17-19-9-6-5-7-10-19/h5-7,9-10,15-16,21,23,28H,3-4,8,11-14,17-18,26H2,1-2H3. The zero-order valence-corrected chi connectivity index (χ0v) is 18.3. The Labute approximate surface area is 180 Å². The third-order valence-corrected chi connectivity index (χ3v) is 5.88. The van der Waals surface area contributed by atoms with Gasteiger partial charge >= 0.3 is 0 Å². The van der Waals surface area contributed by atoms with Crippen LogP contribution in [0.15, 0.2) is 42.5 Å². The second-order valence-corrected chi connectivity index (χ2v) is 8.31. The molecule has 1 aliphatic rings. The molecule has 3 rings (SSSR count). The summed E-state index contributed by atoms with van der Waals surface area (Å²) in [6, 6.07) is 14.5. The molecule has 30 heavy (non-hydrogen) atoms. The summed E-state index contributed by atoms with van der Waals surface area (Å²) in [6.45, 7) is 5.52. The fourth-order valence-electron chi connectivity index (χ4n) is 4.22. The van der Waals surface area contributed by atoms with Crippen LogP contribution in [0, 0.1) is 5.92 Å². The molecule has 0 aliphatic carbocycles. The number of nitrogens with two attached hydrogens (primary N) is 1. The predicted molar refractivity (Wildman–Crippen MR) is 122 cm³/mol. The second-order valence-electron chi connectivity index (χ2n) is 8.31. The number of rotatable bonds is 10. The number of hydrogen-bond acceptors (Lipinski definition) is 5. The maximum Gasteiger partial charge on any atom is 0.184 e. The first-order valence-corrected chi connectivity index (χ1v) is 11.1. The summed E-state index contributed by atoms with van der Waals surface area (Å²) in [4.78, 5) is 2.43. The van der Waals surface area contributed by atoms with E-state index in [4.69, 9.17) is 15.2 Å². The first kappa shape index (κ1) is 22.4. The van der Waals surface area contributed by atoms with Crippen molar-refractivity contribution in [2.75, 3.05) is 32.5 Å². The van der Waals surface area contributed by atoms with Gasteiger partial charge in [0.05, 0.1) is 25.5 Å². The van der Waals surface area contributed by atoms with E-state index in [9.17, 15) is 5.11 Å². The normalized spacial score (nSPS) is 19.6. The highest BCUT2D eigenvalue weighted by Gasteiger charge is 2.28. The smallest absolute Gasteiger partial charge is 0.184 e. The van der Waals surface area contributed by atoms with Gasteiger partial charge in [-0.3, -0.25) is 4.90 Å². The molecule has 0 saturated carbocycles. The molecule has 1 aliphatic heterocycles. The van der Waals surface area contributed by atoms with E-state index in [1.165, 1.54) is 5.56 Å². The van der Waals surface area contributed by atoms with Crippen molar-refractivity contribution < 1.29 is 14.6 Å². The minimum Gasteiger partial charge on any atom is -0.493 e. The molecular formula is C25H36N2O3. The molecule has 0 bridgehead atoms. The average molecular weight is 413 g/mol. The lowest BCUT2D eigenvalue weighted by molar-refractivity contribution is 0.0239. The molecule has 164 valence electrons. The number of benzene rings is 2. The molecule has 5 heteroatoms. The number of anilines is 1. The van der Waals surface area contributed by atoms with Crippen molar-refractivity contribution in [1.82, 2.24) is 4.90 Å². The van der Waals surface area contributed by atoms with Gasteiger partial charge in [-0.1, -0.05) is 50.1 Å². The summed E-state index contributed by atoms with van der Waals surface area (Å²) in [5.74, 6) is 1.48. The Morgan fingerprint density at radius 1 is 1.13 bits per heavy atom. The molecule has 0 aromatic heterocycles. The van der Waals surface area contributed by atoms with Gasteiger partial charge in [0.25, 0.3) is 0 Å². The first-order valence-electron chi connectivity index (χ1n) is 11.1. The van der Waals surface area contributed by atoms with Gasteiger partial charge < -0.3 is 20.3 Å². The minimum absolute atomic E-state index is 0.169. The maximum atomic E-state index is 10.6. The lowest BCUT2D eigenvalue weighted by Gasteiger charge is -2.36. The van der Waals surface area contributed by atoms with Crippen LogP contribution in [0.25, 0.3) is 0 Å². The molecule has 1 saturated heterocycles. The van der Waals surface area contributed by atoms with E-state index in [0.29, 0.717) is 23.8 Å². The average Bonchev–Trinajstić information content (AvgIpc) is 2.75. The summed E-state index contributed by atoms with van der Waals surface area (Å²) in [6.07, 6.45) is 4.56. The van der Waals surface area contributed by atoms with E-state index >= 15 is 0 Å². The van der Waals surface area contributed by atoms with Gasteiger partial charge in [0, 0.05) is 25.6 Å². The molecule has 1 fully saturated rings. The number of likely N-dealkylation sites (tertiary alicyclic amines) is 1. The lowest BCUT2D eigenvalue weighted by Crippen LogP contribution is -2.43. The fourth-order valence-corrected chi connectivity index (χ4v) is 4.22. The summed E-state index contributed by atoms with van der Waals surface area (Å²) in [7, 11) is 1.65. The fraction of sp³-hybridized carbons (Fsp3) is 0.520. The first-order chi connectivity index (χ1) is 14.6. The quantitative estimate of drug-likeness (QED) is 0.450. The Bertz CT molecular complexity index is 781. The van der Waals surface area contributed by atoms with Crippen molar-refractivity contribution in [3.05, 3.63) is 53.6 Å². The third-order valence-electron chi connectivity index (χ3n) is 5.88. The van der Waals surface area contributed by atoms with Crippen LogP contribution in [0.5, 0.6) is 11.5 Å². The van der Waals surface area contributed by atoms with Crippen LogP contribution < -0.4 is 15.2 Å². The van der Waals surface area contributed by atoms with Crippen LogP contribution in [0.2, 0.25) is 0 Å². The van der Waals surface area contributed by atoms with Crippen molar-refractivity contribution in [3.8, 4) is 11.5 Å². The predicted octanol–water partition coefficient (Wildman–Crippen LogP) is 4.27. The number of aliphatic hydroxyl groups is 1. The largest absolute Gasteiger partial charge is 0.493 e. The van der Waals surface area contributed by atoms with Crippen molar-refractivity contribution in [2.24, 2.45) is 5.92 Å². The molecular weight excluding hydrogens is 376 g/mol. The third kappa shape index (κ3) is 6.13. The summed E-state index contributed by atoms with van der Waals surface area (Å²) in [5.41, 5.74) is 9.30. The van der Waals surface area contributed by atoms with Crippen molar-refractivity contribution in [2.45, 2.75) is 51.7 Å². The van der Waals surface area contributed by atoms with Gasteiger partial charge in [-0.25, -0.2) is 0 Å². The molecule has 2 atom stereocenters. The van der Waals surface area contributed by atoms with E-state index in [1.54, 1.807) is 7.11 Å². The topological polar surface area (TPSA) is 68.0 Å². The van der Waals surface area contributed by atoms with E-state index in [1.807, 2.05) is 18.2 Å². The van der Waals surface area contributed by atoms with E-state index in [-0.39, 0.29) is 12.0 Å². The molecule has 2 aromatic rings. The molecule has 0 amide bonds. The van der Waals surface area contributed by atoms with Crippen molar-refractivity contribution in [3.63, 3.8) is 0 Å². The molecule has 2 unspecified atom stereocenters. The molecule has 1 heterocycles. The van der Waals surface area contributed by atoms with E-state index in [2.05, 4.69) is 36.1 Å². The van der Waals surface area contributed by atoms with Crippen LogP contribution in [-0.4, -0.2) is 42.9 Å². The Hall–Kier alpha value is -2.24. The van der Waals surface area contributed by atoms with Gasteiger partial charge in [-0.2, -0.15) is 0 Å². The van der Waals surface area contributed by atoms with E-state index < -0.39 is 0 Å². The van der Waals surface area contributed by atoms with Crippen LogP contribution in [-0.2, 0) is 13.0 Å². The molecule has 3 N–H and O–H groups in total. The Kier molecular flexibility index (Phi) is 8.40. The Morgan fingerprint density at radius 3 is 2.67 bits per heavy atom. The van der Waals surface area contributed by atoms with Crippen LogP contribution in [0.3, 0.4) is 0 Å². The second kappa shape index (κ2) is 11.2. The summed E-state index contributed by atoms with van der Waals surface area (Å²) >= 11 is 0. The van der Waals surface area contributed by atoms with Crippen LogP contribution in [0.4, 0.5) is 5.69 Å². The number of piperidine rings is 1. The number of aliphatic hydroxyl groups excluding tert-OH is 1. The SMILES string of the molecule is CCCCCOc1c(N)cc(CC2CN(Cc3ccccc3)CCC2O)cc1OC. The zero-order chi connectivity index (χ0) is 21.3. The van der Waals surface area contributed by atoms with E-state index in [0.717, 1.165) is 57.3 Å². The Morgan fingerprint density at radius 2 is 1.93 bits per heavy atom. The van der Waals surface area contributed by atoms with Gasteiger partial charge in [0.1, 0.15) is 0 Å². The van der Waals surface area contributed by atoms with Gasteiger partial charge in [0.2, 0.25) is 0 Å². The number of ether oxygens (including phenoxy) is 2. The highest BCUT2D eigenvalue weighted by Crippen LogP contribution is 2.36. The number of nitrogen functional groups attached to an aromatic ring is 1. The van der Waals surface area contributed by atoms with Crippen LogP contribution in [0.1, 0.15) is 43.7 Å². The van der Waals surface area contributed by atoms with Crippen molar-refractivity contribution in [1.29, 1.82) is 0 Å². The van der Waals surface area contributed by atoms with Crippen LogP contribution >= 0.6 is 0 Å². The van der Waals surface area contributed by atoms with Crippen molar-refractivity contribution >= 4 is 5.69 Å². The molecule has 0 radical (unpaired) electrons. The highest BCUT2D eigenvalue weighted by atomic mass is 16.5. The highest BCUT2D eigenvalue weighted by molar-refractivity contribution is 5.62. The number of hydrogen-bond donors (Lipinski definition) is 2. The maximum absolute atomic E-state index is 10.6. The summed E-state index contributed by atoms with van der Waals surface area (Å²) < 4.78 is 11.5. The molecule has 2 aromatic carbocycles. The summed E-state index contributed by atoms with van der Waals surface area (Å²) in [5, 5.41) is 10.6. The van der Waals surface area contributed by atoms with Gasteiger partial charge in [0.15, 0.2) is 11.5 Å². The Balaban J connectivity index is 1.65. The molecule has 5 nitrogen and oxygen atoms in total. The molecule has 0 spiro atoms. The monoisotopic (exact) mass is 412 g/mol. The zero-order valence-electron chi connectivity index (χ0n) is 18.3. The minimum atomic E-state index is -0.297. The number of unbranched alkanes of at least 4 members (excludes halogenated alkanes) is 2. The number of nitrogens with zero attached hydrogens (tertiary/aromatic N) is 1. The lowest BCUT2D eigenvalue weighted by atomic mass is 9.88. The van der Waals surface area contributed by atoms with Gasteiger partial charge in [-0.15, -0.1) is 0 Å².